The fraction of sp³-hybridized carbons (Fsp3) is 0.100. The van der Waals surface area contributed by atoms with Gasteiger partial charge in [0.05, 0.1) is 21.3 Å². The highest BCUT2D eigenvalue weighted by molar-refractivity contribution is 7.85. The van der Waals surface area contributed by atoms with Gasteiger partial charge in [0, 0.05) is 6.07 Å². The van der Waals surface area contributed by atoms with Crippen molar-refractivity contribution < 1.29 is 18.1 Å². The molecule has 2 rings (SSSR count). The molecule has 2 N–H and O–H groups in total. The third kappa shape index (κ3) is 2.33. The average molecular weight is 289 g/mol. The summed E-state index contributed by atoms with van der Waals surface area (Å²) in [5, 5.41) is 13.8. The molecule has 0 bridgehead atoms. The largest absolute Gasteiger partial charge is 0.493 e. The van der Waals surface area contributed by atoms with E-state index in [1.54, 1.807) is 6.92 Å². The molecule has 1 heterocycles. The molecule has 0 aliphatic carbocycles. The van der Waals surface area contributed by atoms with Gasteiger partial charge in [0.2, 0.25) is 5.88 Å². The lowest BCUT2D eigenvalue weighted by Crippen LogP contribution is -2.02. The van der Waals surface area contributed by atoms with Crippen molar-refractivity contribution >= 4 is 21.7 Å². The fourth-order valence-corrected chi connectivity index (χ4v) is 2.18. The van der Waals surface area contributed by atoms with Crippen LogP contribution in [0.3, 0.4) is 0 Å². The van der Waals surface area contributed by atoms with Gasteiger partial charge in [-0.05, 0) is 25.1 Å². The van der Waals surface area contributed by atoms with E-state index in [0.29, 0.717) is 5.69 Å². The Bertz CT molecular complexity index is 709. The lowest BCUT2D eigenvalue weighted by Gasteiger charge is -2.07. The quantitative estimate of drug-likeness (QED) is 0.822. The molecule has 0 aliphatic heterocycles. The lowest BCUT2D eigenvalue weighted by molar-refractivity contribution is 0.433. The Kier molecular flexibility index (Phi) is 3.05. The number of hydrogen-bond acceptors (Lipinski definition) is 4. The summed E-state index contributed by atoms with van der Waals surface area (Å²) in [5.74, 6) is -0.179. The molecule has 0 spiro atoms. The first-order valence-electron chi connectivity index (χ1n) is 4.82. The third-order valence-corrected chi connectivity index (χ3v) is 3.43. The van der Waals surface area contributed by atoms with Crippen LogP contribution in [0.5, 0.6) is 5.88 Å². The monoisotopic (exact) mass is 288 g/mol. The molecule has 6 nitrogen and oxygen atoms in total. The number of aromatic nitrogens is 2. The van der Waals surface area contributed by atoms with Gasteiger partial charge in [0.1, 0.15) is 0 Å². The van der Waals surface area contributed by atoms with Gasteiger partial charge in [-0.25, -0.2) is 0 Å². The Balaban J connectivity index is 2.68. The minimum absolute atomic E-state index is 0.164. The number of hydrogen-bond donors (Lipinski definition) is 2. The highest BCUT2D eigenvalue weighted by Gasteiger charge is 2.15. The zero-order chi connectivity index (χ0) is 13.5. The predicted molar refractivity (Wildman–Crippen MR) is 64.8 cm³/mol. The van der Waals surface area contributed by atoms with Crippen LogP contribution < -0.4 is 0 Å². The topological polar surface area (TPSA) is 92.4 Å². The Labute approximate surface area is 108 Å². The SMILES string of the molecule is Cc1cc(O)n(-c2cc(S(=O)(=O)O)ccc2Cl)n1. The Morgan fingerprint density at radius 1 is 1.33 bits per heavy atom. The standard InChI is InChI=1S/C10H9ClN2O4S/c1-6-4-10(14)13(12-6)9-5-7(18(15,16)17)2-3-8(9)11/h2-5,14H,1H3,(H,15,16,17). The molecule has 96 valence electrons. The van der Waals surface area contributed by atoms with Gasteiger partial charge in [0.15, 0.2) is 0 Å². The van der Waals surface area contributed by atoms with Gasteiger partial charge in [-0.3, -0.25) is 4.55 Å². The van der Waals surface area contributed by atoms with E-state index in [1.165, 1.54) is 12.1 Å². The summed E-state index contributed by atoms with van der Waals surface area (Å²) >= 11 is 5.91. The van der Waals surface area contributed by atoms with Crippen molar-refractivity contribution in [2.24, 2.45) is 0 Å². The first-order valence-corrected chi connectivity index (χ1v) is 6.64. The van der Waals surface area contributed by atoms with E-state index in [1.807, 2.05) is 0 Å². The second-order valence-corrected chi connectivity index (χ2v) is 5.47. The summed E-state index contributed by atoms with van der Waals surface area (Å²) in [7, 11) is -4.34. The molecule has 0 fully saturated rings. The van der Waals surface area contributed by atoms with Crippen molar-refractivity contribution in [3.05, 3.63) is 35.0 Å². The number of benzene rings is 1. The van der Waals surface area contributed by atoms with E-state index in [2.05, 4.69) is 5.10 Å². The summed E-state index contributed by atoms with van der Waals surface area (Å²) < 4.78 is 32.1. The molecular formula is C10H9ClN2O4S. The minimum atomic E-state index is -4.34. The molecule has 18 heavy (non-hydrogen) atoms. The highest BCUT2D eigenvalue weighted by atomic mass is 35.5. The maximum atomic E-state index is 11.0. The molecule has 2 aromatic rings. The molecule has 0 aliphatic rings. The van der Waals surface area contributed by atoms with Crippen LogP contribution in [0.1, 0.15) is 5.69 Å². The van der Waals surface area contributed by atoms with E-state index in [9.17, 15) is 13.5 Å². The summed E-state index contributed by atoms with van der Waals surface area (Å²) in [6.07, 6.45) is 0. The van der Waals surface area contributed by atoms with Crippen molar-refractivity contribution in [1.82, 2.24) is 9.78 Å². The van der Waals surface area contributed by atoms with Crippen LogP contribution in [0.25, 0.3) is 5.69 Å². The van der Waals surface area contributed by atoms with E-state index in [0.717, 1.165) is 16.8 Å². The second kappa shape index (κ2) is 4.27. The molecule has 0 atom stereocenters. The van der Waals surface area contributed by atoms with Crippen LogP contribution in [-0.2, 0) is 10.1 Å². The van der Waals surface area contributed by atoms with Gasteiger partial charge in [-0.2, -0.15) is 18.2 Å². The summed E-state index contributed by atoms with van der Waals surface area (Å²) in [5.41, 5.74) is 0.707. The van der Waals surface area contributed by atoms with E-state index in [-0.39, 0.29) is 21.5 Å². The molecule has 0 amide bonds. The lowest BCUT2D eigenvalue weighted by atomic mass is 10.3. The maximum absolute atomic E-state index is 11.0. The Morgan fingerprint density at radius 3 is 2.50 bits per heavy atom. The third-order valence-electron chi connectivity index (χ3n) is 2.26. The van der Waals surface area contributed by atoms with Crippen LogP contribution in [0, 0.1) is 6.92 Å². The van der Waals surface area contributed by atoms with Gasteiger partial charge >= 0.3 is 0 Å². The van der Waals surface area contributed by atoms with Crippen molar-refractivity contribution in [1.29, 1.82) is 0 Å². The highest BCUT2D eigenvalue weighted by Crippen LogP contribution is 2.27. The van der Waals surface area contributed by atoms with Crippen molar-refractivity contribution in [3.63, 3.8) is 0 Å². The van der Waals surface area contributed by atoms with Gasteiger partial charge < -0.3 is 5.11 Å². The molecule has 0 saturated heterocycles. The average Bonchev–Trinajstić information content (AvgIpc) is 2.56. The van der Waals surface area contributed by atoms with E-state index < -0.39 is 10.1 Å². The fourth-order valence-electron chi connectivity index (χ4n) is 1.48. The Morgan fingerprint density at radius 2 is 2.00 bits per heavy atom. The molecule has 0 saturated carbocycles. The van der Waals surface area contributed by atoms with Crippen LogP contribution in [0.4, 0.5) is 0 Å². The van der Waals surface area contributed by atoms with Crippen LogP contribution >= 0.6 is 11.6 Å². The summed E-state index contributed by atoms with van der Waals surface area (Å²) in [4.78, 5) is -0.325. The zero-order valence-electron chi connectivity index (χ0n) is 9.20. The van der Waals surface area contributed by atoms with Crippen molar-refractivity contribution in [2.75, 3.05) is 0 Å². The smallest absolute Gasteiger partial charge is 0.294 e. The molecule has 0 radical (unpaired) electrons. The zero-order valence-corrected chi connectivity index (χ0v) is 10.8. The number of aryl methyl sites for hydroxylation is 1. The van der Waals surface area contributed by atoms with Crippen LogP contribution in [0.15, 0.2) is 29.2 Å². The van der Waals surface area contributed by atoms with Gasteiger partial charge in [-0.1, -0.05) is 11.6 Å². The minimum Gasteiger partial charge on any atom is -0.493 e. The molecule has 8 heteroatoms. The van der Waals surface area contributed by atoms with Crippen molar-refractivity contribution in [3.8, 4) is 11.6 Å². The van der Waals surface area contributed by atoms with E-state index in [4.69, 9.17) is 16.2 Å². The Hall–Kier alpha value is -1.57. The number of rotatable bonds is 2. The first-order chi connectivity index (χ1) is 8.29. The summed E-state index contributed by atoms with van der Waals surface area (Å²) in [6.45, 7) is 1.66. The van der Waals surface area contributed by atoms with E-state index >= 15 is 0 Å². The summed E-state index contributed by atoms with van der Waals surface area (Å²) in [6, 6.07) is 4.99. The van der Waals surface area contributed by atoms with Crippen LogP contribution in [-0.4, -0.2) is 27.9 Å². The van der Waals surface area contributed by atoms with Gasteiger partial charge in [-0.15, -0.1) is 0 Å². The maximum Gasteiger partial charge on any atom is 0.294 e. The first kappa shape index (κ1) is 12.9. The van der Waals surface area contributed by atoms with Crippen LogP contribution in [0.2, 0.25) is 5.02 Å². The molecular weight excluding hydrogens is 280 g/mol. The predicted octanol–water partition coefficient (Wildman–Crippen LogP) is 1.79. The van der Waals surface area contributed by atoms with Crippen molar-refractivity contribution in [2.45, 2.75) is 11.8 Å². The number of halogens is 1. The second-order valence-electron chi connectivity index (χ2n) is 3.64. The molecule has 1 aromatic heterocycles. The normalized spacial score (nSPS) is 11.7. The number of aromatic hydroxyl groups is 1. The molecule has 0 unspecified atom stereocenters. The molecule has 1 aromatic carbocycles. The number of nitrogens with zero attached hydrogens (tertiary/aromatic N) is 2. The van der Waals surface area contributed by atoms with Gasteiger partial charge in [0.25, 0.3) is 10.1 Å².